The van der Waals surface area contributed by atoms with Gasteiger partial charge in [-0.1, -0.05) is 0 Å². The molecule has 0 aromatic carbocycles. The summed E-state index contributed by atoms with van der Waals surface area (Å²) in [6.45, 7) is 0. The number of aryl methyl sites for hydroxylation is 1. The molecule has 16 heavy (non-hydrogen) atoms. The lowest BCUT2D eigenvalue weighted by Crippen LogP contribution is -2.05. The van der Waals surface area contributed by atoms with Crippen LogP contribution in [0.25, 0.3) is 0 Å². The lowest BCUT2D eigenvalue weighted by atomic mass is 10.1. The number of ketones is 1. The van der Waals surface area contributed by atoms with Gasteiger partial charge < -0.3 is 0 Å². The van der Waals surface area contributed by atoms with E-state index in [1.165, 1.54) is 0 Å². The van der Waals surface area contributed by atoms with E-state index in [4.69, 9.17) is 0 Å². The van der Waals surface area contributed by atoms with Crippen molar-refractivity contribution in [1.82, 2.24) is 14.8 Å². The van der Waals surface area contributed by atoms with Crippen LogP contribution in [-0.4, -0.2) is 20.5 Å². The lowest BCUT2D eigenvalue weighted by Gasteiger charge is -1.98. The molecule has 0 spiro atoms. The van der Waals surface area contributed by atoms with Crippen molar-refractivity contribution in [3.63, 3.8) is 0 Å². The summed E-state index contributed by atoms with van der Waals surface area (Å²) in [5.74, 6) is 0.000463. The molecular weight excluding hydrogens is 270 g/mol. The summed E-state index contributed by atoms with van der Waals surface area (Å²) < 4.78 is 2.49. The molecule has 5 heteroatoms. The molecule has 2 heterocycles. The third-order valence-electron chi connectivity index (χ3n) is 2.13. The number of pyridine rings is 1. The summed E-state index contributed by atoms with van der Waals surface area (Å²) in [5.41, 5.74) is 1.37. The monoisotopic (exact) mass is 279 g/mol. The van der Waals surface area contributed by atoms with E-state index in [2.05, 4.69) is 26.0 Å². The van der Waals surface area contributed by atoms with Crippen molar-refractivity contribution in [2.75, 3.05) is 0 Å². The van der Waals surface area contributed by atoms with E-state index in [0.29, 0.717) is 12.1 Å². The summed E-state index contributed by atoms with van der Waals surface area (Å²) in [6.07, 6.45) is 5.45. The van der Waals surface area contributed by atoms with Gasteiger partial charge in [-0.2, -0.15) is 5.10 Å². The van der Waals surface area contributed by atoms with Crippen molar-refractivity contribution < 1.29 is 4.79 Å². The Hall–Kier alpha value is -1.49. The van der Waals surface area contributed by atoms with Crippen molar-refractivity contribution in [1.29, 1.82) is 0 Å². The molecule has 0 atom stereocenters. The quantitative estimate of drug-likeness (QED) is 0.808. The molecule has 0 aliphatic rings. The highest BCUT2D eigenvalue weighted by atomic mass is 79.9. The molecule has 4 nitrogen and oxygen atoms in total. The number of aromatic nitrogens is 3. The second-order valence-corrected chi connectivity index (χ2v) is 4.40. The number of carbonyl (C=O) groups is 1. The van der Waals surface area contributed by atoms with Crippen LogP contribution in [0, 0.1) is 0 Å². The normalized spacial score (nSPS) is 10.4. The van der Waals surface area contributed by atoms with E-state index in [-0.39, 0.29) is 5.78 Å². The summed E-state index contributed by atoms with van der Waals surface area (Å²) in [6, 6.07) is 3.60. The van der Waals surface area contributed by atoms with Crippen LogP contribution < -0.4 is 0 Å². The fraction of sp³-hybridized carbons (Fsp3) is 0.182. The van der Waals surface area contributed by atoms with Gasteiger partial charge in [-0.05, 0) is 33.6 Å². The average molecular weight is 280 g/mol. The molecule has 0 saturated heterocycles. The first-order valence-corrected chi connectivity index (χ1v) is 5.57. The van der Waals surface area contributed by atoms with Gasteiger partial charge in [-0.3, -0.25) is 14.5 Å². The van der Waals surface area contributed by atoms with Crippen LogP contribution >= 0.6 is 15.9 Å². The van der Waals surface area contributed by atoms with Crippen molar-refractivity contribution >= 4 is 21.7 Å². The standard InChI is InChI=1S/C11H10BrN3O/c1-15-3-2-10(14-15)11(16)5-8-4-9(12)7-13-6-8/h2-4,6-7H,5H2,1H3. The molecule has 82 valence electrons. The Balaban J connectivity index is 2.13. The average Bonchev–Trinajstić information content (AvgIpc) is 2.65. The molecule has 0 N–H and O–H groups in total. The molecule has 0 amide bonds. The van der Waals surface area contributed by atoms with Crippen LogP contribution in [0.3, 0.4) is 0 Å². The second kappa shape index (κ2) is 4.57. The molecule has 0 radical (unpaired) electrons. The first-order chi connectivity index (χ1) is 7.65. The minimum Gasteiger partial charge on any atom is -0.292 e. The minimum atomic E-state index is 0.000463. The maximum atomic E-state index is 11.8. The maximum Gasteiger partial charge on any atom is 0.187 e. The predicted molar refractivity (Wildman–Crippen MR) is 63.2 cm³/mol. The Morgan fingerprint density at radius 3 is 2.94 bits per heavy atom. The van der Waals surface area contributed by atoms with Gasteiger partial charge in [-0.15, -0.1) is 0 Å². The number of carbonyl (C=O) groups excluding carboxylic acids is 1. The van der Waals surface area contributed by atoms with Crippen LogP contribution in [-0.2, 0) is 13.5 Å². The summed E-state index contributed by atoms with van der Waals surface area (Å²) in [5, 5.41) is 4.06. The zero-order valence-electron chi connectivity index (χ0n) is 8.72. The predicted octanol–water partition coefficient (Wildman–Crippen LogP) is 2.00. The molecule has 0 aliphatic heterocycles. The van der Waals surface area contributed by atoms with Crippen molar-refractivity contribution in [2.45, 2.75) is 6.42 Å². The largest absolute Gasteiger partial charge is 0.292 e. The van der Waals surface area contributed by atoms with Gasteiger partial charge in [-0.25, -0.2) is 0 Å². The molecule has 0 aliphatic carbocycles. The summed E-state index contributed by atoms with van der Waals surface area (Å²) in [7, 11) is 1.79. The highest BCUT2D eigenvalue weighted by Gasteiger charge is 2.10. The van der Waals surface area contributed by atoms with Gasteiger partial charge in [0, 0.05) is 36.5 Å². The molecular formula is C11H10BrN3O. The fourth-order valence-electron chi connectivity index (χ4n) is 1.39. The van der Waals surface area contributed by atoms with E-state index in [1.807, 2.05) is 6.07 Å². The van der Waals surface area contributed by atoms with Gasteiger partial charge in [0.05, 0.1) is 0 Å². The molecule has 2 aromatic heterocycles. The Morgan fingerprint density at radius 2 is 2.31 bits per heavy atom. The highest BCUT2D eigenvalue weighted by Crippen LogP contribution is 2.11. The van der Waals surface area contributed by atoms with Gasteiger partial charge >= 0.3 is 0 Å². The van der Waals surface area contributed by atoms with Crippen LogP contribution in [0.2, 0.25) is 0 Å². The first kappa shape index (κ1) is 11.0. The molecule has 2 aromatic rings. The molecule has 0 saturated carbocycles. The Labute approximate surface area is 101 Å². The number of hydrogen-bond acceptors (Lipinski definition) is 3. The minimum absolute atomic E-state index is 0.000463. The number of Topliss-reactive ketones (excluding diaryl/α,β-unsaturated/α-hetero) is 1. The van der Waals surface area contributed by atoms with Gasteiger partial charge in [0.15, 0.2) is 5.78 Å². The fourth-order valence-corrected chi connectivity index (χ4v) is 1.80. The number of rotatable bonds is 3. The smallest absolute Gasteiger partial charge is 0.187 e. The highest BCUT2D eigenvalue weighted by molar-refractivity contribution is 9.10. The van der Waals surface area contributed by atoms with Crippen LogP contribution in [0.1, 0.15) is 16.1 Å². The number of nitrogens with zero attached hydrogens (tertiary/aromatic N) is 3. The van der Waals surface area contributed by atoms with E-state index in [1.54, 1.807) is 36.4 Å². The summed E-state index contributed by atoms with van der Waals surface area (Å²) >= 11 is 3.32. The lowest BCUT2D eigenvalue weighted by molar-refractivity contribution is 0.0987. The first-order valence-electron chi connectivity index (χ1n) is 4.77. The Morgan fingerprint density at radius 1 is 1.50 bits per heavy atom. The van der Waals surface area contributed by atoms with Gasteiger partial charge in [0.1, 0.15) is 5.69 Å². The molecule has 0 fully saturated rings. The van der Waals surface area contributed by atoms with Crippen molar-refractivity contribution in [3.05, 3.63) is 46.5 Å². The number of hydrogen-bond donors (Lipinski definition) is 0. The van der Waals surface area contributed by atoms with Crippen LogP contribution in [0.5, 0.6) is 0 Å². The van der Waals surface area contributed by atoms with E-state index >= 15 is 0 Å². The van der Waals surface area contributed by atoms with Crippen molar-refractivity contribution in [3.8, 4) is 0 Å². The van der Waals surface area contributed by atoms with Crippen molar-refractivity contribution in [2.24, 2.45) is 7.05 Å². The zero-order chi connectivity index (χ0) is 11.5. The topological polar surface area (TPSA) is 47.8 Å². The number of halogens is 1. The van der Waals surface area contributed by atoms with Crippen LogP contribution in [0.4, 0.5) is 0 Å². The van der Waals surface area contributed by atoms with E-state index < -0.39 is 0 Å². The molecule has 0 unspecified atom stereocenters. The Bertz CT molecular complexity index is 521. The Kier molecular flexibility index (Phi) is 3.14. The van der Waals surface area contributed by atoms with Gasteiger partial charge in [0.2, 0.25) is 0 Å². The zero-order valence-corrected chi connectivity index (χ0v) is 10.3. The molecule has 0 bridgehead atoms. The van der Waals surface area contributed by atoms with E-state index in [9.17, 15) is 4.79 Å². The van der Waals surface area contributed by atoms with Crippen LogP contribution in [0.15, 0.2) is 35.2 Å². The van der Waals surface area contributed by atoms with Gasteiger partial charge in [0.25, 0.3) is 0 Å². The SMILES string of the molecule is Cn1ccc(C(=O)Cc2cncc(Br)c2)n1. The summed E-state index contributed by atoms with van der Waals surface area (Å²) in [4.78, 5) is 15.8. The maximum absolute atomic E-state index is 11.8. The molecule has 2 rings (SSSR count). The van der Waals surface area contributed by atoms with E-state index in [0.717, 1.165) is 10.0 Å². The third-order valence-corrected chi connectivity index (χ3v) is 2.56. The second-order valence-electron chi connectivity index (χ2n) is 3.49. The third kappa shape index (κ3) is 2.55.